The summed E-state index contributed by atoms with van der Waals surface area (Å²) < 4.78 is 0. The third kappa shape index (κ3) is 1.32. The monoisotopic (exact) mass is 164 g/mol. The van der Waals surface area contributed by atoms with Crippen LogP contribution in [0.3, 0.4) is 0 Å². The van der Waals surface area contributed by atoms with Gasteiger partial charge in [0, 0.05) is 0 Å². The van der Waals surface area contributed by atoms with E-state index < -0.39 is 0 Å². The Bertz CT molecular complexity index is 176. The second kappa shape index (κ2) is 3.24. The summed E-state index contributed by atoms with van der Waals surface area (Å²) in [4.78, 5) is 0. The van der Waals surface area contributed by atoms with Crippen molar-refractivity contribution in [2.75, 3.05) is 0 Å². The lowest BCUT2D eigenvalue weighted by atomic mass is 9.89. The van der Waals surface area contributed by atoms with Crippen molar-refractivity contribution in [2.45, 2.75) is 39.5 Å². The smallest absolute Gasteiger partial charge is 0.0197 e. The molecule has 12 heavy (non-hydrogen) atoms. The Balaban J connectivity index is 0.000000264. The standard InChI is InChI=1S/C10H14.C2H6/c1-2-9-5-7(1)6-10(9)8-3-4-8;1-2/h1-2,7-10H,3-6H2;1-2H3. The van der Waals surface area contributed by atoms with Gasteiger partial charge in [0.15, 0.2) is 0 Å². The zero-order valence-electron chi connectivity index (χ0n) is 8.29. The first-order valence-corrected chi connectivity index (χ1v) is 5.62. The Kier molecular flexibility index (Phi) is 2.25. The van der Waals surface area contributed by atoms with Crippen molar-refractivity contribution in [1.82, 2.24) is 0 Å². The molecule has 68 valence electrons. The minimum Gasteiger partial charge on any atom is -0.0851 e. The highest BCUT2D eigenvalue weighted by Gasteiger charge is 2.43. The molecule has 0 heterocycles. The van der Waals surface area contributed by atoms with E-state index in [0.717, 1.165) is 23.7 Å². The van der Waals surface area contributed by atoms with Gasteiger partial charge in [-0.25, -0.2) is 0 Å². The Morgan fingerprint density at radius 2 is 1.75 bits per heavy atom. The fourth-order valence-electron chi connectivity index (χ4n) is 2.89. The van der Waals surface area contributed by atoms with Crippen LogP contribution in [0.15, 0.2) is 12.2 Å². The minimum atomic E-state index is 0.996. The average Bonchev–Trinajstić information content (AvgIpc) is 2.78. The van der Waals surface area contributed by atoms with Crippen LogP contribution in [0.25, 0.3) is 0 Å². The molecule has 0 heteroatoms. The zero-order valence-corrected chi connectivity index (χ0v) is 8.29. The van der Waals surface area contributed by atoms with Crippen molar-refractivity contribution in [2.24, 2.45) is 23.7 Å². The van der Waals surface area contributed by atoms with E-state index in [1.165, 1.54) is 12.8 Å². The first kappa shape index (κ1) is 8.34. The van der Waals surface area contributed by atoms with Crippen LogP contribution in [0, 0.1) is 23.7 Å². The van der Waals surface area contributed by atoms with Crippen LogP contribution < -0.4 is 0 Å². The zero-order chi connectivity index (χ0) is 8.55. The molecular formula is C12H20. The van der Waals surface area contributed by atoms with Gasteiger partial charge in [-0.3, -0.25) is 0 Å². The van der Waals surface area contributed by atoms with Gasteiger partial charge >= 0.3 is 0 Å². The van der Waals surface area contributed by atoms with Crippen LogP contribution >= 0.6 is 0 Å². The molecule has 0 aromatic rings. The Labute approximate surface area is 76.1 Å². The Morgan fingerprint density at radius 1 is 1.00 bits per heavy atom. The molecule has 3 rings (SSSR count). The Hall–Kier alpha value is -0.260. The van der Waals surface area contributed by atoms with E-state index in [2.05, 4.69) is 12.2 Å². The summed E-state index contributed by atoms with van der Waals surface area (Å²) in [6.07, 6.45) is 11.1. The lowest BCUT2D eigenvalue weighted by molar-refractivity contribution is 0.394. The second-order valence-electron chi connectivity index (χ2n) is 4.28. The van der Waals surface area contributed by atoms with Crippen molar-refractivity contribution in [3.63, 3.8) is 0 Å². The molecule has 0 nitrogen and oxygen atoms in total. The predicted molar refractivity (Wildman–Crippen MR) is 52.9 cm³/mol. The topological polar surface area (TPSA) is 0 Å². The quantitative estimate of drug-likeness (QED) is 0.519. The van der Waals surface area contributed by atoms with Crippen molar-refractivity contribution in [3.05, 3.63) is 12.2 Å². The van der Waals surface area contributed by atoms with E-state index in [9.17, 15) is 0 Å². The van der Waals surface area contributed by atoms with Gasteiger partial charge in [-0.1, -0.05) is 26.0 Å². The molecule has 0 aromatic heterocycles. The van der Waals surface area contributed by atoms with Crippen molar-refractivity contribution < 1.29 is 0 Å². The molecule has 2 bridgehead atoms. The molecule has 3 aliphatic rings. The van der Waals surface area contributed by atoms with Crippen LogP contribution in [0.4, 0.5) is 0 Å². The summed E-state index contributed by atoms with van der Waals surface area (Å²) in [5, 5.41) is 0. The molecule has 0 radical (unpaired) electrons. The molecule has 0 amide bonds. The maximum Gasteiger partial charge on any atom is -0.0197 e. The number of fused-ring (bicyclic) bond motifs is 2. The van der Waals surface area contributed by atoms with E-state index in [1.807, 2.05) is 13.8 Å². The predicted octanol–water partition coefficient (Wildman–Crippen LogP) is 3.63. The van der Waals surface area contributed by atoms with Gasteiger partial charge in [0.1, 0.15) is 0 Å². The van der Waals surface area contributed by atoms with Crippen LogP contribution in [0.5, 0.6) is 0 Å². The number of rotatable bonds is 1. The van der Waals surface area contributed by atoms with Gasteiger partial charge in [-0.2, -0.15) is 0 Å². The molecule has 0 saturated heterocycles. The maximum atomic E-state index is 2.48. The van der Waals surface area contributed by atoms with Crippen LogP contribution in [-0.4, -0.2) is 0 Å². The summed E-state index contributed by atoms with van der Waals surface area (Å²) >= 11 is 0. The van der Waals surface area contributed by atoms with Gasteiger partial charge in [0.2, 0.25) is 0 Å². The van der Waals surface area contributed by atoms with E-state index in [0.29, 0.717) is 0 Å². The minimum absolute atomic E-state index is 0.996. The number of hydrogen-bond acceptors (Lipinski definition) is 0. The fraction of sp³-hybridized carbons (Fsp3) is 0.833. The third-order valence-corrected chi connectivity index (χ3v) is 3.56. The normalized spacial score (nSPS) is 42.7. The summed E-state index contributed by atoms with van der Waals surface area (Å²) in [6, 6.07) is 0. The van der Waals surface area contributed by atoms with Gasteiger partial charge in [0.05, 0.1) is 0 Å². The van der Waals surface area contributed by atoms with Gasteiger partial charge < -0.3 is 0 Å². The maximum absolute atomic E-state index is 2.48. The molecule has 0 spiro atoms. The lowest BCUT2D eigenvalue weighted by Crippen LogP contribution is -2.08. The van der Waals surface area contributed by atoms with E-state index in [1.54, 1.807) is 12.8 Å². The largest absolute Gasteiger partial charge is 0.0851 e. The molecular weight excluding hydrogens is 144 g/mol. The molecule has 0 aliphatic heterocycles. The molecule has 0 N–H and O–H groups in total. The number of hydrogen-bond donors (Lipinski definition) is 0. The Morgan fingerprint density at radius 3 is 2.17 bits per heavy atom. The van der Waals surface area contributed by atoms with Gasteiger partial charge in [0.25, 0.3) is 0 Å². The molecule has 0 aromatic carbocycles. The van der Waals surface area contributed by atoms with Crippen molar-refractivity contribution >= 4 is 0 Å². The fourth-order valence-corrected chi connectivity index (χ4v) is 2.89. The highest BCUT2D eigenvalue weighted by Crippen LogP contribution is 2.53. The van der Waals surface area contributed by atoms with Crippen molar-refractivity contribution in [3.8, 4) is 0 Å². The summed E-state index contributed by atoms with van der Waals surface area (Å²) in [6.45, 7) is 4.00. The van der Waals surface area contributed by atoms with Gasteiger partial charge in [-0.05, 0) is 49.4 Å². The lowest BCUT2D eigenvalue weighted by Gasteiger charge is -2.16. The first-order chi connectivity index (χ1) is 5.93. The summed E-state index contributed by atoms with van der Waals surface area (Å²) in [5.74, 6) is 4.28. The highest BCUT2D eigenvalue weighted by atomic mass is 14.5. The van der Waals surface area contributed by atoms with Gasteiger partial charge in [-0.15, -0.1) is 0 Å². The number of allylic oxidation sites excluding steroid dienone is 2. The van der Waals surface area contributed by atoms with Crippen LogP contribution in [0.2, 0.25) is 0 Å². The first-order valence-electron chi connectivity index (χ1n) is 5.62. The third-order valence-electron chi connectivity index (χ3n) is 3.56. The van der Waals surface area contributed by atoms with E-state index in [4.69, 9.17) is 0 Å². The van der Waals surface area contributed by atoms with E-state index >= 15 is 0 Å². The SMILES string of the molecule is C1=CC2CC1CC2C1CC1.CC. The van der Waals surface area contributed by atoms with Crippen molar-refractivity contribution in [1.29, 1.82) is 0 Å². The molecule has 2 saturated carbocycles. The molecule has 3 aliphatic carbocycles. The summed E-state index contributed by atoms with van der Waals surface area (Å²) in [7, 11) is 0. The highest BCUT2D eigenvalue weighted by molar-refractivity contribution is 5.12. The molecule has 3 unspecified atom stereocenters. The van der Waals surface area contributed by atoms with Crippen LogP contribution in [-0.2, 0) is 0 Å². The molecule has 2 fully saturated rings. The second-order valence-corrected chi connectivity index (χ2v) is 4.28. The van der Waals surface area contributed by atoms with Crippen LogP contribution in [0.1, 0.15) is 39.5 Å². The summed E-state index contributed by atoms with van der Waals surface area (Å²) in [5.41, 5.74) is 0. The van der Waals surface area contributed by atoms with E-state index in [-0.39, 0.29) is 0 Å². The molecule has 3 atom stereocenters. The average molecular weight is 164 g/mol.